The van der Waals surface area contributed by atoms with Gasteiger partial charge in [-0.15, -0.1) is 0 Å². The van der Waals surface area contributed by atoms with E-state index < -0.39 is 0 Å². The second kappa shape index (κ2) is 2.29. The number of hydrogen-bond donors (Lipinski definition) is 0. The minimum Gasteiger partial charge on any atom is -0.345 e. The van der Waals surface area contributed by atoms with E-state index in [0.29, 0.717) is 0 Å². The Hall–Kier alpha value is -0.900. The summed E-state index contributed by atoms with van der Waals surface area (Å²) in [7, 11) is 0. The van der Waals surface area contributed by atoms with Crippen LogP contribution in [0, 0.1) is 5.41 Å². The maximum Gasteiger partial charge on any atom is 0.179 e. The fraction of sp³-hybridized carbons (Fsp3) is 0.750. The van der Waals surface area contributed by atoms with Crippen molar-refractivity contribution < 1.29 is 4.74 Å². The zero-order valence-electron chi connectivity index (χ0n) is 7.56. The lowest BCUT2D eigenvalue weighted by atomic mass is 9.92. The van der Waals surface area contributed by atoms with Crippen LogP contribution in [0.2, 0.25) is 0 Å². The molecule has 0 saturated carbocycles. The van der Waals surface area contributed by atoms with Gasteiger partial charge in [-0.25, -0.2) is 9.67 Å². The lowest BCUT2D eigenvalue weighted by molar-refractivity contribution is 0.252. The molecule has 0 aromatic carbocycles. The van der Waals surface area contributed by atoms with Gasteiger partial charge in [-0.3, -0.25) is 0 Å². The van der Waals surface area contributed by atoms with Crippen molar-refractivity contribution in [1.29, 1.82) is 0 Å². The van der Waals surface area contributed by atoms with Crippen molar-refractivity contribution in [3.63, 3.8) is 0 Å². The summed E-state index contributed by atoms with van der Waals surface area (Å²) in [5.41, 5.74) is 0.191. The van der Waals surface area contributed by atoms with E-state index in [4.69, 9.17) is 4.74 Å². The number of aromatic nitrogens is 3. The molecule has 1 aliphatic rings. The molecule has 0 bridgehead atoms. The van der Waals surface area contributed by atoms with Crippen LogP contribution in [0.15, 0.2) is 12.7 Å². The summed E-state index contributed by atoms with van der Waals surface area (Å²) in [6, 6.07) is 0. The average molecular weight is 167 g/mol. The van der Waals surface area contributed by atoms with Crippen LogP contribution >= 0.6 is 0 Å². The molecule has 4 nitrogen and oxygen atoms in total. The van der Waals surface area contributed by atoms with Gasteiger partial charge >= 0.3 is 0 Å². The Balaban J connectivity index is 2.06. The summed E-state index contributed by atoms with van der Waals surface area (Å²) in [5, 5.41) is 4.02. The maximum atomic E-state index is 5.49. The Kier molecular flexibility index (Phi) is 1.48. The lowest BCUT2D eigenvalue weighted by Gasteiger charge is -2.13. The largest absolute Gasteiger partial charge is 0.345 e. The van der Waals surface area contributed by atoms with Crippen LogP contribution < -0.4 is 0 Å². The minimum atomic E-state index is 0.104. The summed E-state index contributed by atoms with van der Waals surface area (Å²) in [4.78, 5) is 3.87. The van der Waals surface area contributed by atoms with Gasteiger partial charge in [0.15, 0.2) is 6.23 Å². The molecule has 1 aromatic rings. The van der Waals surface area contributed by atoms with E-state index in [1.54, 1.807) is 11.0 Å². The Morgan fingerprint density at radius 3 is 2.58 bits per heavy atom. The highest BCUT2D eigenvalue weighted by molar-refractivity contribution is 4.90. The van der Waals surface area contributed by atoms with E-state index in [2.05, 4.69) is 30.9 Å². The second-order valence-electron chi connectivity index (χ2n) is 4.19. The molecule has 66 valence electrons. The van der Waals surface area contributed by atoms with Crippen molar-refractivity contribution >= 4 is 0 Å². The first-order valence-electron chi connectivity index (χ1n) is 4.08. The van der Waals surface area contributed by atoms with Crippen LogP contribution in [-0.2, 0) is 4.74 Å². The van der Waals surface area contributed by atoms with Gasteiger partial charge in [-0.1, -0.05) is 20.8 Å². The molecule has 2 rings (SSSR count). The van der Waals surface area contributed by atoms with E-state index >= 15 is 0 Å². The quantitative estimate of drug-likeness (QED) is 0.591. The van der Waals surface area contributed by atoms with Crippen LogP contribution in [0.1, 0.15) is 27.0 Å². The molecule has 0 unspecified atom stereocenters. The Morgan fingerprint density at radius 2 is 2.17 bits per heavy atom. The van der Waals surface area contributed by atoms with Crippen LogP contribution in [0.4, 0.5) is 0 Å². The third-order valence-electron chi connectivity index (χ3n) is 2.02. The predicted molar refractivity (Wildman–Crippen MR) is 43.4 cm³/mol. The van der Waals surface area contributed by atoms with Gasteiger partial charge in [0, 0.05) is 0 Å². The van der Waals surface area contributed by atoms with Crippen molar-refractivity contribution in [1.82, 2.24) is 14.8 Å². The predicted octanol–water partition coefficient (Wildman–Crippen LogP) is 1.22. The van der Waals surface area contributed by atoms with Gasteiger partial charge in [0.1, 0.15) is 18.8 Å². The normalized spacial score (nSPS) is 28.9. The number of epoxide rings is 1. The van der Waals surface area contributed by atoms with Gasteiger partial charge in [-0.05, 0) is 5.41 Å². The topological polar surface area (TPSA) is 43.2 Å². The third-order valence-corrected chi connectivity index (χ3v) is 2.02. The standard InChI is InChI=1S/C8H13N3O/c1-8(2,3)6-7(12-6)11-5-9-4-10-11/h4-7H,1-3H3/t6-,7-/m1/s1. The fourth-order valence-corrected chi connectivity index (χ4v) is 1.29. The number of hydrogen-bond acceptors (Lipinski definition) is 3. The van der Waals surface area contributed by atoms with E-state index in [1.165, 1.54) is 6.33 Å². The zero-order valence-corrected chi connectivity index (χ0v) is 7.56. The van der Waals surface area contributed by atoms with Crippen molar-refractivity contribution in [2.45, 2.75) is 33.1 Å². The molecule has 1 saturated heterocycles. The van der Waals surface area contributed by atoms with E-state index in [0.717, 1.165) is 0 Å². The Morgan fingerprint density at radius 1 is 1.42 bits per heavy atom. The third kappa shape index (κ3) is 1.22. The molecule has 0 amide bonds. The first kappa shape index (κ1) is 7.73. The van der Waals surface area contributed by atoms with Crippen molar-refractivity contribution in [3.8, 4) is 0 Å². The van der Waals surface area contributed by atoms with Gasteiger partial charge in [0.25, 0.3) is 0 Å². The van der Waals surface area contributed by atoms with E-state index in [-0.39, 0.29) is 17.7 Å². The SMILES string of the molecule is CC(C)(C)[C@@H]1O[C@H]1n1cncn1. The summed E-state index contributed by atoms with van der Waals surface area (Å²) in [5.74, 6) is 0. The fourth-order valence-electron chi connectivity index (χ4n) is 1.29. The molecule has 0 aliphatic carbocycles. The highest BCUT2D eigenvalue weighted by atomic mass is 16.6. The number of nitrogens with zero attached hydrogens (tertiary/aromatic N) is 3. The highest BCUT2D eigenvalue weighted by Crippen LogP contribution is 2.44. The summed E-state index contributed by atoms with van der Waals surface area (Å²) < 4.78 is 7.25. The van der Waals surface area contributed by atoms with Crippen molar-refractivity contribution in [3.05, 3.63) is 12.7 Å². The molecule has 4 heteroatoms. The molecule has 1 fully saturated rings. The van der Waals surface area contributed by atoms with Crippen LogP contribution in [0.3, 0.4) is 0 Å². The summed E-state index contributed by atoms with van der Waals surface area (Å²) in [6.45, 7) is 6.48. The van der Waals surface area contributed by atoms with Crippen LogP contribution in [-0.4, -0.2) is 20.9 Å². The van der Waals surface area contributed by atoms with Gasteiger partial charge < -0.3 is 4.74 Å². The van der Waals surface area contributed by atoms with Gasteiger partial charge in [-0.2, -0.15) is 5.10 Å². The minimum absolute atomic E-state index is 0.104. The maximum absolute atomic E-state index is 5.49. The first-order chi connectivity index (χ1) is 5.59. The molecular weight excluding hydrogens is 154 g/mol. The smallest absolute Gasteiger partial charge is 0.179 e. The van der Waals surface area contributed by atoms with Crippen LogP contribution in [0.25, 0.3) is 0 Å². The average Bonchev–Trinajstić information content (AvgIpc) is 2.60. The monoisotopic (exact) mass is 167 g/mol. The lowest BCUT2D eigenvalue weighted by Crippen LogP contribution is -2.16. The molecular formula is C8H13N3O. The molecule has 1 aromatic heterocycles. The van der Waals surface area contributed by atoms with E-state index in [1.807, 2.05) is 0 Å². The van der Waals surface area contributed by atoms with Gasteiger partial charge in [0.05, 0.1) is 0 Å². The first-order valence-corrected chi connectivity index (χ1v) is 4.08. The van der Waals surface area contributed by atoms with Crippen LogP contribution in [0.5, 0.6) is 0 Å². The van der Waals surface area contributed by atoms with E-state index in [9.17, 15) is 0 Å². The second-order valence-corrected chi connectivity index (χ2v) is 4.19. The molecule has 0 N–H and O–H groups in total. The number of rotatable bonds is 1. The highest BCUT2D eigenvalue weighted by Gasteiger charge is 2.49. The van der Waals surface area contributed by atoms with Crippen molar-refractivity contribution in [2.24, 2.45) is 5.41 Å². The molecule has 1 aliphatic heterocycles. The van der Waals surface area contributed by atoms with Crippen molar-refractivity contribution in [2.75, 3.05) is 0 Å². The summed E-state index contributed by atoms with van der Waals surface area (Å²) in [6.07, 6.45) is 3.60. The summed E-state index contributed by atoms with van der Waals surface area (Å²) >= 11 is 0. The molecule has 2 atom stereocenters. The Labute approximate surface area is 71.6 Å². The number of ether oxygens (including phenoxy) is 1. The molecule has 0 radical (unpaired) electrons. The van der Waals surface area contributed by atoms with Gasteiger partial charge in [0.2, 0.25) is 0 Å². The molecule has 0 spiro atoms. The Bertz CT molecular complexity index is 262. The molecule has 12 heavy (non-hydrogen) atoms. The zero-order chi connectivity index (χ0) is 8.77. The molecule has 2 heterocycles.